The quantitative estimate of drug-likeness (QED) is 0.769. The van der Waals surface area contributed by atoms with Crippen LogP contribution in [0, 0.1) is 11.3 Å². The average Bonchev–Trinajstić information content (AvgIpc) is 2.30. The van der Waals surface area contributed by atoms with Crippen molar-refractivity contribution in [3.8, 4) is 6.07 Å². The second kappa shape index (κ2) is 4.60. The van der Waals surface area contributed by atoms with Crippen LogP contribution in [0.3, 0.4) is 0 Å². The molecule has 90 valence electrons. The molecule has 0 bridgehead atoms. The molecule has 0 aliphatic carbocycles. The summed E-state index contributed by atoms with van der Waals surface area (Å²) >= 11 is 0. The first-order valence-corrected chi connectivity index (χ1v) is 5.73. The fraction of sp³-hybridized carbons (Fsp3) is 0.500. The van der Waals surface area contributed by atoms with Crippen LogP contribution in [0.15, 0.2) is 12.1 Å². The van der Waals surface area contributed by atoms with E-state index in [9.17, 15) is 0 Å². The summed E-state index contributed by atoms with van der Waals surface area (Å²) in [6, 6.07) is 6.07. The van der Waals surface area contributed by atoms with Crippen LogP contribution in [-0.2, 0) is 0 Å². The van der Waals surface area contributed by atoms with Gasteiger partial charge < -0.3 is 15.5 Å². The van der Waals surface area contributed by atoms with E-state index in [0.717, 1.165) is 25.5 Å². The lowest BCUT2D eigenvalue weighted by Crippen LogP contribution is -2.50. The zero-order chi connectivity index (χ0) is 12.4. The number of nitrogen functional groups attached to an aromatic ring is 1. The topological polar surface area (TPSA) is 69.2 Å². The molecule has 0 radical (unpaired) electrons. The molecule has 1 aromatic heterocycles. The molecule has 2 rings (SSSR count). The fourth-order valence-electron chi connectivity index (χ4n) is 2.19. The van der Waals surface area contributed by atoms with Gasteiger partial charge in [0.25, 0.3) is 0 Å². The van der Waals surface area contributed by atoms with Crippen LogP contribution in [0.2, 0.25) is 0 Å². The van der Waals surface area contributed by atoms with Gasteiger partial charge in [0.2, 0.25) is 0 Å². The highest BCUT2D eigenvalue weighted by atomic mass is 15.3. The molecule has 1 atom stereocenters. The number of piperazine rings is 1. The minimum atomic E-state index is 0.314. The van der Waals surface area contributed by atoms with E-state index in [1.807, 2.05) is 12.1 Å². The first-order chi connectivity index (χ1) is 8.11. The highest BCUT2D eigenvalue weighted by Crippen LogP contribution is 2.20. The first-order valence-electron chi connectivity index (χ1n) is 5.73. The van der Waals surface area contributed by atoms with E-state index in [-0.39, 0.29) is 0 Å². The smallest absolute Gasteiger partial charge is 0.165 e. The predicted octanol–water partition coefficient (Wildman–Crippen LogP) is 0.676. The standard InChI is InChI=1S/C12H17N5/c1-9-8-16(2)5-6-17(9)12-4-3-10(14)11(7-13)15-12/h3-4,9H,5-6,8,14H2,1-2H3. The molecule has 1 unspecified atom stereocenters. The summed E-state index contributed by atoms with van der Waals surface area (Å²) < 4.78 is 0. The number of nitriles is 1. The van der Waals surface area contributed by atoms with Crippen molar-refractivity contribution in [3.63, 3.8) is 0 Å². The van der Waals surface area contributed by atoms with Crippen LogP contribution in [-0.4, -0.2) is 42.6 Å². The van der Waals surface area contributed by atoms with Gasteiger partial charge in [-0.1, -0.05) is 0 Å². The molecule has 0 amide bonds. The van der Waals surface area contributed by atoms with Gasteiger partial charge in [-0.05, 0) is 26.1 Å². The minimum Gasteiger partial charge on any atom is -0.396 e. The number of nitrogens with two attached hydrogens (primary N) is 1. The summed E-state index contributed by atoms with van der Waals surface area (Å²) in [5.74, 6) is 0.844. The van der Waals surface area contributed by atoms with Crippen molar-refractivity contribution in [3.05, 3.63) is 17.8 Å². The van der Waals surface area contributed by atoms with Crippen LogP contribution < -0.4 is 10.6 Å². The van der Waals surface area contributed by atoms with E-state index in [1.165, 1.54) is 0 Å². The molecule has 0 spiro atoms. The van der Waals surface area contributed by atoms with Crippen LogP contribution in [0.5, 0.6) is 0 Å². The molecular formula is C12H17N5. The molecular weight excluding hydrogens is 214 g/mol. The first kappa shape index (κ1) is 11.7. The Morgan fingerprint density at radius 2 is 2.24 bits per heavy atom. The number of pyridine rings is 1. The van der Waals surface area contributed by atoms with Crippen LogP contribution >= 0.6 is 0 Å². The molecule has 2 N–H and O–H groups in total. The monoisotopic (exact) mass is 231 g/mol. The fourth-order valence-corrected chi connectivity index (χ4v) is 2.19. The summed E-state index contributed by atoms with van der Waals surface area (Å²) in [4.78, 5) is 8.83. The largest absolute Gasteiger partial charge is 0.396 e. The zero-order valence-corrected chi connectivity index (χ0v) is 10.2. The number of nitrogens with zero attached hydrogens (tertiary/aromatic N) is 4. The maximum absolute atomic E-state index is 8.93. The van der Waals surface area contributed by atoms with Crippen molar-refractivity contribution < 1.29 is 0 Å². The van der Waals surface area contributed by atoms with Gasteiger partial charge in [-0.2, -0.15) is 5.26 Å². The highest BCUT2D eigenvalue weighted by molar-refractivity contribution is 5.55. The number of hydrogen-bond acceptors (Lipinski definition) is 5. The van der Waals surface area contributed by atoms with E-state index in [4.69, 9.17) is 11.0 Å². The maximum atomic E-state index is 8.93. The summed E-state index contributed by atoms with van der Waals surface area (Å²) in [5, 5.41) is 8.93. The Balaban J connectivity index is 2.26. The van der Waals surface area contributed by atoms with E-state index in [0.29, 0.717) is 17.4 Å². The van der Waals surface area contributed by atoms with Gasteiger partial charge in [-0.15, -0.1) is 0 Å². The number of hydrogen-bond donors (Lipinski definition) is 1. The summed E-state index contributed by atoms with van der Waals surface area (Å²) in [5.41, 5.74) is 6.43. The second-order valence-electron chi connectivity index (χ2n) is 4.52. The highest BCUT2D eigenvalue weighted by Gasteiger charge is 2.22. The minimum absolute atomic E-state index is 0.314. The van der Waals surface area contributed by atoms with E-state index in [1.54, 1.807) is 6.07 Å². The molecule has 5 nitrogen and oxygen atoms in total. The van der Waals surface area contributed by atoms with E-state index < -0.39 is 0 Å². The van der Waals surface area contributed by atoms with Gasteiger partial charge in [0, 0.05) is 25.7 Å². The Bertz CT molecular complexity index is 451. The van der Waals surface area contributed by atoms with Gasteiger partial charge in [-0.3, -0.25) is 0 Å². The van der Waals surface area contributed by atoms with Crippen molar-refractivity contribution in [2.75, 3.05) is 37.3 Å². The number of rotatable bonds is 1. The summed E-state index contributed by atoms with van der Waals surface area (Å²) in [6.07, 6.45) is 0. The Kier molecular flexibility index (Phi) is 3.16. The molecule has 1 fully saturated rings. The number of aromatic nitrogens is 1. The van der Waals surface area contributed by atoms with Gasteiger partial charge >= 0.3 is 0 Å². The van der Waals surface area contributed by atoms with Crippen LogP contribution in [0.4, 0.5) is 11.5 Å². The van der Waals surface area contributed by atoms with E-state index >= 15 is 0 Å². The zero-order valence-electron chi connectivity index (χ0n) is 10.2. The summed E-state index contributed by atoms with van der Waals surface area (Å²) in [7, 11) is 2.12. The molecule has 1 aliphatic rings. The van der Waals surface area contributed by atoms with Gasteiger partial charge in [0.1, 0.15) is 11.9 Å². The van der Waals surface area contributed by atoms with Gasteiger partial charge in [-0.25, -0.2) is 4.98 Å². The molecule has 1 aromatic rings. The molecule has 17 heavy (non-hydrogen) atoms. The van der Waals surface area contributed by atoms with Gasteiger partial charge in [0.15, 0.2) is 5.69 Å². The van der Waals surface area contributed by atoms with Crippen LogP contribution in [0.1, 0.15) is 12.6 Å². The third-order valence-electron chi connectivity index (χ3n) is 3.14. The predicted molar refractivity (Wildman–Crippen MR) is 67.7 cm³/mol. The third-order valence-corrected chi connectivity index (χ3v) is 3.14. The van der Waals surface area contributed by atoms with Crippen molar-refractivity contribution in [2.24, 2.45) is 0 Å². The lowest BCUT2D eigenvalue weighted by atomic mass is 10.2. The Hall–Kier alpha value is -1.80. The number of likely N-dealkylation sites (N-methyl/N-ethyl adjacent to an activating group) is 1. The molecule has 1 saturated heterocycles. The molecule has 0 saturated carbocycles. The lowest BCUT2D eigenvalue weighted by Gasteiger charge is -2.39. The Labute approximate surface area is 101 Å². The van der Waals surface area contributed by atoms with E-state index in [2.05, 4.69) is 28.8 Å². The molecule has 2 heterocycles. The SMILES string of the molecule is CC1CN(C)CCN1c1ccc(N)c(C#N)n1. The molecule has 5 heteroatoms. The summed E-state index contributed by atoms with van der Waals surface area (Å²) in [6.45, 7) is 5.12. The molecule has 0 aromatic carbocycles. The average molecular weight is 231 g/mol. The molecule has 1 aliphatic heterocycles. The van der Waals surface area contributed by atoms with Crippen molar-refractivity contribution in [1.82, 2.24) is 9.88 Å². The number of anilines is 2. The third kappa shape index (κ3) is 2.32. The van der Waals surface area contributed by atoms with Crippen molar-refractivity contribution >= 4 is 11.5 Å². The maximum Gasteiger partial charge on any atom is 0.165 e. The van der Waals surface area contributed by atoms with Crippen LogP contribution in [0.25, 0.3) is 0 Å². The lowest BCUT2D eigenvalue weighted by molar-refractivity contribution is 0.274. The van der Waals surface area contributed by atoms with Crippen molar-refractivity contribution in [2.45, 2.75) is 13.0 Å². The normalized spacial score (nSPS) is 21.2. The van der Waals surface area contributed by atoms with Crippen molar-refractivity contribution in [1.29, 1.82) is 5.26 Å². The Morgan fingerprint density at radius 3 is 2.88 bits per heavy atom. The second-order valence-corrected chi connectivity index (χ2v) is 4.52. The van der Waals surface area contributed by atoms with Gasteiger partial charge in [0.05, 0.1) is 5.69 Å². The Morgan fingerprint density at radius 1 is 1.47 bits per heavy atom.